The number of nitrogens with one attached hydrogen (secondary N) is 2. The fraction of sp³-hybridized carbons (Fsp3) is 0.842. The molecule has 0 aromatic rings. The van der Waals surface area contributed by atoms with Gasteiger partial charge in [-0.3, -0.25) is 0 Å². The van der Waals surface area contributed by atoms with Crippen molar-refractivity contribution in [1.82, 2.24) is 10.6 Å². The van der Waals surface area contributed by atoms with Crippen molar-refractivity contribution in [3.05, 3.63) is 0 Å². The quantitative estimate of drug-likeness (QED) is 0.135. The normalized spacial score (nSPS) is 22.6. The summed E-state index contributed by atoms with van der Waals surface area (Å²) in [6, 6.07) is 0. The van der Waals surface area contributed by atoms with E-state index in [-0.39, 0.29) is 22.2 Å². The Morgan fingerprint density at radius 1 is 0.479 bits per heavy atom. The van der Waals surface area contributed by atoms with Gasteiger partial charge < -0.3 is 29.6 Å². The van der Waals surface area contributed by atoms with Crippen LogP contribution in [0.25, 0.3) is 0 Å². The average Bonchev–Trinajstić information content (AvgIpc) is 2.86. The Balaban J connectivity index is 2.11. The summed E-state index contributed by atoms with van der Waals surface area (Å²) in [5, 5.41) is 7.15. The number of rotatable bonds is 9. The minimum atomic E-state index is -1.13. The van der Waals surface area contributed by atoms with Gasteiger partial charge in [0.1, 0.15) is 0 Å². The van der Waals surface area contributed by atoms with Gasteiger partial charge in [-0.25, -0.2) is 19.4 Å². The third kappa shape index (κ3) is 11.7. The van der Waals surface area contributed by atoms with Crippen LogP contribution in [0.1, 0.15) is 136 Å². The maximum atomic E-state index is 13.6. The van der Waals surface area contributed by atoms with Gasteiger partial charge in [-0.15, -0.1) is 0 Å². The summed E-state index contributed by atoms with van der Waals surface area (Å²) in [5.41, 5.74) is -7.98. The number of carbonyl (C=O) groups is 2. The van der Waals surface area contributed by atoms with E-state index in [0.29, 0.717) is 25.7 Å². The maximum absolute atomic E-state index is 13.6. The molecule has 0 unspecified atom stereocenters. The zero-order valence-corrected chi connectivity index (χ0v) is 33.1. The topological polar surface area (TPSA) is 114 Å². The Kier molecular flexibility index (Phi) is 11.8. The molecule has 2 fully saturated rings. The van der Waals surface area contributed by atoms with E-state index < -0.39 is 45.5 Å². The highest BCUT2D eigenvalue weighted by atomic mass is 17.2. The molecule has 2 heterocycles. The molecule has 0 radical (unpaired) electrons. The Hall–Kier alpha value is -2.18. The van der Waals surface area contributed by atoms with Crippen LogP contribution in [0.2, 0.25) is 0 Å². The summed E-state index contributed by atoms with van der Waals surface area (Å²) in [6.07, 6.45) is 1.83. The summed E-state index contributed by atoms with van der Waals surface area (Å²) in [4.78, 5) is 38.6. The Labute approximate surface area is 290 Å². The summed E-state index contributed by atoms with van der Waals surface area (Å²) in [6.45, 7) is 30.3. The summed E-state index contributed by atoms with van der Waals surface area (Å²) in [7, 11) is 3.10. The van der Waals surface area contributed by atoms with Crippen molar-refractivity contribution in [2.75, 3.05) is 14.2 Å². The van der Waals surface area contributed by atoms with Gasteiger partial charge in [-0.05, 0) is 111 Å². The van der Waals surface area contributed by atoms with Crippen molar-refractivity contribution < 1.29 is 38.3 Å². The zero-order chi connectivity index (χ0) is 37.5. The molecule has 48 heavy (non-hydrogen) atoms. The second-order valence-electron chi connectivity index (χ2n) is 18.4. The molecule has 2 saturated heterocycles. The van der Waals surface area contributed by atoms with E-state index in [4.69, 9.17) is 28.7 Å². The number of hydrogen-bond donors (Lipinski definition) is 2. The molecule has 10 nitrogen and oxygen atoms in total. The lowest BCUT2D eigenvalue weighted by molar-refractivity contribution is -0.375. The van der Waals surface area contributed by atoms with Crippen LogP contribution < -0.4 is 10.6 Å². The molecule has 0 aromatic carbocycles. The molecule has 0 bridgehead atoms. The molecule has 0 atom stereocenters. The molecule has 0 saturated carbocycles. The molecule has 0 amide bonds. The first kappa shape index (κ1) is 42.0. The molecule has 2 aliphatic rings. The lowest BCUT2D eigenvalue weighted by Gasteiger charge is -2.51. The Morgan fingerprint density at radius 2 is 0.708 bits per heavy atom. The summed E-state index contributed by atoms with van der Waals surface area (Å²) >= 11 is 0. The van der Waals surface area contributed by atoms with Crippen LogP contribution in [-0.2, 0) is 38.3 Å². The van der Waals surface area contributed by atoms with Crippen LogP contribution in [0.3, 0.4) is 0 Å². The predicted octanol–water partition coefficient (Wildman–Crippen LogP) is 5.79. The molecule has 2 N–H and O–H groups in total. The van der Waals surface area contributed by atoms with Gasteiger partial charge in [0.15, 0.2) is 33.6 Å². The van der Waals surface area contributed by atoms with E-state index in [1.54, 1.807) is 69.6 Å². The second-order valence-corrected chi connectivity index (χ2v) is 18.4. The number of ether oxygens (including phenoxy) is 4. The first-order valence-electron chi connectivity index (χ1n) is 16.9. The average molecular weight is 677 g/mol. The second kappa shape index (κ2) is 13.5. The van der Waals surface area contributed by atoms with Crippen molar-refractivity contribution >= 4 is 11.9 Å². The minimum Gasteiger partial charge on any atom is -0.444 e. The van der Waals surface area contributed by atoms with Crippen LogP contribution >= 0.6 is 0 Å². The smallest absolute Gasteiger partial charge is 0.340 e. The van der Waals surface area contributed by atoms with Crippen LogP contribution in [0.4, 0.5) is 0 Å². The van der Waals surface area contributed by atoms with Gasteiger partial charge in [0.2, 0.25) is 0 Å². The molecule has 10 heteroatoms. The fourth-order valence-corrected chi connectivity index (χ4v) is 7.29. The third-order valence-corrected chi connectivity index (χ3v) is 8.27. The van der Waals surface area contributed by atoms with Crippen LogP contribution in [0.15, 0.2) is 0 Å². The lowest BCUT2D eigenvalue weighted by Crippen LogP contribution is -2.66. The predicted molar refractivity (Wildman–Crippen MR) is 187 cm³/mol. The lowest BCUT2D eigenvalue weighted by atomic mass is 9.72. The van der Waals surface area contributed by atoms with E-state index in [1.807, 2.05) is 55.4 Å². The molecule has 0 aromatic heterocycles. The molecular formula is C38H64N2O8. The number of esters is 2. The molecule has 2 aliphatic heterocycles. The minimum absolute atomic E-state index is 0.333. The Bertz CT molecular complexity index is 1200. The first-order chi connectivity index (χ1) is 21.2. The number of carbonyl (C=O) groups excluding carboxylic acids is 2. The van der Waals surface area contributed by atoms with Gasteiger partial charge >= 0.3 is 11.9 Å². The highest BCUT2D eigenvalue weighted by Crippen LogP contribution is 2.41. The van der Waals surface area contributed by atoms with Gasteiger partial charge in [-0.1, -0.05) is 23.7 Å². The van der Waals surface area contributed by atoms with Crippen molar-refractivity contribution in [1.29, 1.82) is 0 Å². The zero-order valence-electron chi connectivity index (χ0n) is 33.1. The highest BCUT2D eigenvalue weighted by molar-refractivity contribution is 5.81. The van der Waals surface area contributed by atoms with Gasteiger partial charge in [0.25, 0.3) is 0 Å². The number of hydrogen-bond acceptors (Lipinski definition) is 10. The first-order valence-corrected chi connectivity index (χ1v) is 16.9. The van der Waals surface area contributed by atoms with E-state index in [0.717, 1.165) is 0 Å². The molecule has 274 valence electrons. The molecule has 0 spiro atoms. The molecular weight excluding hydrogens is 612 g/mol. The summed E-state index contributed by atoms with van der Waals surface area (Å²) < 4.78 is 23.6. The van der Waals surface area contributed by atoms with Gasteiger partial charge in [0.05, 0.1) is 0 Å². The summed E-state index contributed by atoms with van der Waals surface area (Å²) in [5.74, 6) is 11.2. The maximum Gasteiger partial charge on any atom is 0.340 e. The van der Waals surface area contributed by atoms with Crippen LogP contribution in [0.5, 0.6) is 0 Å². The SMILES string of the molecule is COC1(C(=O)OC(C)(C)C#CC(C)(C)OOC(C)(C)C#CC(C)(C)OC(=O)C2(OC)CC(C)(C)NC(C)(C)C2)CC(C)(C)NC(C)(C)C1. The fourth-order valence-electron chi connectivity index (χ4n) is 7.29. The standard InChI is InChI=1S/C38H64N2O8/c1-29(2)23-37(43-17,24-30(3,4)39-29)27(41)45-33(9,10)19-21-35(13,14)47-48-36(15,16)22-20-34(11,12)46-28(42)38(44-18)25-31(5,6)40-32(7,8)26-38/h39-40H,23-26H2,1-18H3. The van der Waals surface area contributed by atoms with Crippen molar-refractivity contribution in [3.63, 3.8) is 0 Å². The van der Waals surface area contributed by atoms with E-state index in [2.05, 4.69) is 34.3 Å². The van der Waals surface area contributed by atoms with Crippen molar-refractivity contribution in [2.24, 2.45) is 0 Å². The van der Waals surface area contributed by atoms with Crippen LogP contribution in [-0.4, -0.2) is 81.9 Å². The molecule has 0 aliphatic carbocycles. The highest BCUT2D eigenvalue weighted by Gasteiger charge is 2.55. The molecule has 2 rings (SSSR count). The monoisotopic (exact) mass is 676 g/mol. The van der Waals surface area contributed by atoms with Crippen molar-refractivity contribution in [2.45, 2.75) is 192 Å². The van der Waals surface area contributed by atoms with Crippen LogP contribution in [0, 0.1) is 23.7 Å². The van der Waals surface area contributed by atoms with E-state index >= 15 is 0 Å². The van der Waals surface area contributed by atoms with E-state index in [1.165, 1.54) is 0 Å². The third-order valence-electron chi connectivity index (χ3n) is 8.27. The van der Waals surface area contributed by atoms with Gasteiger partial charge in [0, 0.05) is 62.1 Å². The van der Waals surface area contributed by atoms with E-state index in [9.17, 15) is 9.59 Å². The Morgan fingerprint density at radius 3 is 0.938 bits per heavy atom. The number of piperidine rings is 2. The largest absolute Gasteiger partial charge is 0.444 e. The van der Waals surface area contributed by atoms with Gasteiger partial charge in [-0.2, -0.15) is 0 Å². The van der Waals surface area contributed by atoms with Crippen molar-refractivity contribution in [3.8, 4) is 23.7 Å². The number of methoxy groups -OCH3 is 2.